The lowest BCUT2D eigenvalue weighted by Crippen LogP contribution is -2.19. The first-order valence-corrected chi connectivity index (χ1v) is 9.06. The molecule has 1 aliphatic heterocycles. The first-order chi connectivity index (χ1) is 12.3. The molecular formula is C22H23FN2. The van der Waals surface area contributed by atoms with Crippen molar-refractivity contribution in [2.45, 2.75) is 26.2 Å². The van der Waals surface area contributed by atoms with E-state index in [2.05, 4.69) is 47.3 Å². The Kier molecular flexibility index (Phi) is 4.41. The van der Waals surface area contributed by atoms with Crippen LogP contribution in [0.1, 0.15) is 30.9 Å². The third-order valence-electron chi connectivity index (χ3n) is 4.92. The highest BCUT2D eigenvalue weighted by Crippen LogP contribution is 2.32. The summed E-state index contributed by atoms with van der Waals surface area (Å²) in [4.78, 5) is 0. The number of fused-ring (bicyclic) bond motifs is 1. The number of hydrogen-bond donors (Lipinski definition) is 1. The summed E-state index contributed by atoms with van der Waals surface area (Å²) < 4.78 is 15.6. The normalized spacial score (nSPS) is 14.7. The van der Waals surface area contributed by atoms with Gasteiger partial charge in [-0.25, -0.2) is 4.39 Å². The molecule has 1 N–H and O–H groups in total. The predicted molar refractivity (Wildman–Crippen MR) is 103 cm³/mol. The molecule has 0 amide bonds. The maximum absolute atomic E-state index is 13.4. The summed E-state index contributed by atoms with van der Waals surface area (Å²) in [6.07, 6.45) is 7.75. The van der Waals surface area contributed by atoms with E-state index in [1.165, 1.54) is 39.7 Å². The summed E-state index contributed by atoms with van der Waals surface area (Å²) in [5, 5.41) is 4.65. The Morgan fingerprint density at radius 3 is 2.68 bits per heavy atom. The molecular weight excluding hydrogens is 311 g/mol. The monoisotopic (exact) mass is 334 g/mol. The van der Waals surface area contributed by atoms with Gasteiger partial charge in [0, 0.05) is 29.4 Å². The van der Waals surface area contributed by atoms with Gasteiger partial charge in [0.15, 0.2) is 0 Å². The molecule has 1 aliphatic rings. The highest BCUT2D eigenvalue weighted by atomic mass is 19.1. The number of rotatable bonds is 4. The molecule has 0 saturated carbocycles. The predicted octanol–water partition coefficient (Wildman–Crippen LogP) is 5.10. The van der Waals surface area contributed by atoms with E-state index in [9.17, 15) is 4.39 Å². The van der Waals surface area contributed by atoms with Crippen LogP contribution >= 0.6 is 0 Å². The summed E-state index contributed by atoms with van der Waals surface area (Å²) in [6.45, 7) is 4.14. The van der Waals surface area contributed by atoms with Crippen molar-refractivity contribution in [2.75, 3.05) is 13.1 Å². The summed E-state index contributed by atoms with van der Waals surface area (Å²) >= 11 is 0. The lowest BCUT2D eigenvalue weighted by Gasteiger charge is -2.13. The molecule has 4 rings (SSSR count). The van der Waals surface area contributed by atoms with Crippen LogP contribution in [0.5, 0.6) is 0 Å². The molecule has 0 radical (unpaired) electrons. The van der Waals surface area contributed by atoms with E-state index in [1.54, 1.807) is 0 Å². The molecule has 0 bridgehead atoms. The molecule has 1 aromatic heterocycles. The van der Waals surface area contributed by atoms with Crippen LogP contribution in [0, 0.1) is 5.82 Å². The topological polar surface area (TPSA) is 17.0 Å². The van der Waals surface area contributed by atoms with Crippen LogP contribution in [-0.2, 0) is 6.42 Å². The Morgan fingerprint density at radius 1 is 1.12 bits per heavy atom. The van der Waals surface area contributed by atoms with Crippen molar-refractivity contribution in [1.29, 1.82) is 0 Å². The van der Waals surface area contributed by atoms with Gasteiger partial charge in [0.2, 0.25) is 0 Å². The molecule has 2 nitrogen and oxygen atoms in total. The number of halogens is 1. The Hall–Kier alpha value is -2.39. The Morgan fingerprint density at radius 2 is 1.96 bits per heavy atom. The van der Waals surface area contributed by atoms with E-state index in [0.717, 1.165) is 38.0 Å². The van der Waals surface area contributed by atoms with Gasteiger partial charge in [0.1, 0.15) is 5.82 Å². The van der Waals surface area contributed by atoms with Gasteiger partial charge < -0.3 is 9.88 Å². The second kappa shape index (κ2) is 6.85. The standard InChI is InChI=1S/C22H23FN2/c1-2-3-16-4-9-20-21(17-10-12-24-13-11-17)15-25(22(20)14-16)19-7-5-18(23)6-8-19/h4-10,14-15,24H,2-3,11-13H2,1H3. The second-order valence-corrected chi connectivity index (χ2v) is 6.67. The fourth-order valence-electron chi connectivity index (χ4n) is 3.66. The molecule has 0 atom stereocenters. The van der Waals surface area contributed by atoms with Gasteiger partial charge >= 0.3 is 0 Å². The fraction of sp³-hybridized carbons (Fsp3) is 0.273. The van der Waals surface area contributed by atoms with Crippen molar-refractivity contribution in [1.82, 2.24) is 9.88 Å². The van der Waals surface area contributed by atoms with E-state index in [4.69, 9.17) is 0 Å². The first-order valence-electron chi connectivity index (χ1n) is 9.06. The Bertz CT molecular complexity index is 919. The van der Waals surface area contributed by atoms with Gasteiger partial charge in [-0.1, -0.05) is 31.6 Å². The molecule has 3 aromatic rings. The minimum Gasteiger partial charge on any atom is -0.316 e. The van der Waals surface area contributed by atoms with Crippen LogP contribution in [0.2, 0.25) is 0 Å². The van der Waals surface area contributed by atoms with E-state index in [-0.39, 0.29) is 5.82 Å². The number of nitrogens with zero attached hydrogens (tertiary/aromatic N) is 1. The van der Waals surface area contributed by atoms with Crippen LogP contribution in [0.25, 0.3) is 22.2 Å². The van der Waals surface area contributed by atoms with Gasteiger partial charge in [0.25, 0.3) is 0 Å². The molecule has 2 heterocycles. The lowest BCUT2D eigenvalue weighted by atomic mass is 9.98. The van der Waals surface area contributed by atoms with Crippen LogP contribution in [0.15, 0.2) is 54.7 Å². The van der Waals surface area contributed by atoms with Gasteiger partial charge in [-0.05, 0) is 60.9 Å². The lowest BCUT2D eigenvalue weighted by molar-refractivity contribution is 0.627. The maximum Gasteiger partial charge on any atom is 0.123 e. The number of nitrogens with one attached hydrogen (secondary N) is 1. The van der Waals surface area contributed by atoms with E-state index >= 15 is 0 Å². The van der Waals surface area contributed by atoms with Gasteiger partial charge in [-0.3, -0.25) is 0 Å². The molecule has 128 valence electrons. The molecule has 0 aliphatic carbocycles. The molecule has 2 aromatic carbocycles. The molecule has 0 saturated heterocycles. The molecule has 0 unspecified atom stereocenters. The summed E-state index contributed by atoms with van der Waals surface area (Å²) in [7, 11) is 0. The van der Waals surface area contributed by atoms with Gasteiger partial charge in [-0.2, -0.15) is 0 Å². The largest absolute Gasteiger partial charge is 0.316 e. The Labute approximate surface area is 148 Å². The first kappa shape index (κ1) is 16.1. The maximum atomic E-state index is 13.4. The van der Waals surface area contributed by atoms with Gasteiger partial charge in [0.05, 0.1) is 5.52 Å². The van der Waals surface area contributed by atoms with Crippen molar-refractivity contribution in [2.24, 2.45) is 0 Å². The smallest absolute Gasteiger partial charge is 0.123 e. The van der Waals surface area contributed by atoms with Crippen LogP contribution in [0.4, 0.5) is 4.39 Å². The highest BCUT2D eigenvalue weighted by molar-refractivity contribution is 5.94. The summed E-state index contributed by atoms with van der Waals surface area (Å²) in [5.74, 6) is -0.201. The summed E-state index contributed by atoms with van der Waals surface area (Å²) in [5.41, 5.74) is 6.24. The third kappa shape index (κ3) is 3.12. The number of aromatic nitrogens is 1. The van der Waals surface area contributed by atoms with Crippen molar-refractivity contribution in [3.8, 4) is 5.69 Å². The number of benzene rings is 2. The SMILES string of the molecule is CCCc1ccc2c(C3=CCNCC3)cn(-c3ccc(F)cc3)c2c1. The minimum atomic E-state index is -0.201. The Balaban J connectivity index is 1.91. The van der Waals surface area contributed by atoms with Crippen molar-refractivity contribution < 1.29 is 4.39 Å². The second-order valence-electron chi connectivity index (χ2n) is 6.67. The van der Waals surface area contributed by atoms with Crippen LogP contribution in [0.3, 0.4) is 0 Å². The van der Waals surface area contributed by atoms with Crippen LogP contribution < -0.4 is 5.32 Å². The van der Waals surface area contributed by atoms with Gasteiger partial charge in [-0.15, -0.1) is 0 Å². The zero-order chi connectivity index (χ0) is 17.2. The zero-order valence-electron chi connectivity index (χ0n) is 14.6. The molecule has 0 spiro atoms. The molecule has 0 fully saturated rings. The zero-order valence-corrected chi connectivity index (χ0v) is 14.6. The van der Waals surface area contributed by atoms with Crippen LogP contribution in [-0.4, -0.2) is 17.7 Å². The van der Waals surface area contributed by atoms with Crippen molar-refractivity contribution >= 4 is 16.5 Å². The molecule has 25 heavy (non-hydrogen) atoms. The minimum absolute atomic E-state index is 0.201. The average molecular weight is 334 g/mol. The van der Waals surface area contributed by atoms with Crippen molar-refractivity contribution in [3.63, 3.8) is 0 Å². The highest BCUT2D eigenvalue weighted by Gasteiger charge is 2.15. The molecule has 3 heteroatoms. The third-order valence-corrected chi connectivity index (χ3v) is 4.92. The number of aryl methyl sites for hydroxylation is 1. The average Bonchev–Trinajstić information content (AvgIpc) is 3.02. The van der Waals surface area contributed by atoms with E-state index in [0.29, 0.717) is 0 Å². The summed E-state index contributed by atoms with van der Waals surface area (Å²) in [6, 6.07) is 13.5. The fourth-order valence-corrected chi connectivity index (χ4v) is 3.66. The quantitative estimate of drug-likeness (QED) is 0.702. The van der Waals surface area contributed by atoms with E-state index in [1.807, 2.05) is 12.1 Å². The van der Waals surface area contributed by atoms with E-state index < -0.39 is 0 Å². The number of hydrogen-bond acceptors (Lipinski definition) is 1. The van der Waals surface area contributed by atoms with Crippen molar-refractivity contribution in [3.05, 3.63) is 71.7 Å².